The second-order valence-corrected chi connectivity index (χ2v) is 3.84. The van der Waals surface area contributed by atoms with Gasteiger partial charge in [-0.25, -0.2) is 0 Å². The van der Waals surface area contributed by atoms with Gasteiger partial charge in [0.25, 0.3) is 5.91 Å². The molecule has 0 aliphatic carbocycles. The quantitative estimate of drug-likeness (QED) is 0.662. The van der Waals surface area contributed by atoms with E-state index in [2.05, 4.69) is 13.0 Å². The molecular formula is C12H15NO. The predicted molar refractivity (Wildman–Crippen MR) is 56.3 cm³/mol. The van der Waals surface area contributed by atoms with Crippen molar-refractivity contribution in [3.05, 3.63) is 35.4 Å². The summed E-state index contributed by atoms with van der Waals surface area (Å²) in [5.41, 5.74) is 2.07. The van der Waals surface area contributed by atoms with Crippen LogP contribution < -0.4 is 0 Å². The average molecular weight is 189 g/mol. The van der Waals surface area contributed by atoms with E-state index < -0.39 is 0 Å². The molecule has 0 N–H and O–H groups in total. The second kappa shape index (κ2) is 3.45. The first-order valence-corrected chi connectivity index (χ1v) is 5.09. The Bertz CT molecular complexity index is 359. The van der Waals surface area contributed by atoms with Gasteiger partial charge in [0, 0.05) is 18.7 Å². The molecule has 1 aliphatic rings. The number of fused-ring (bicyclic) bond motifs is 1. The first-order chi connectivity index (χ1) is 6.74. The van der Waals surface area contributed by atoms with Gasteiger partial charge in [-0.3, -0.25) is 4.79 Å². The van der Waals surface area contributed by atoms with Crippen LogP contribution in [0.25, 0.3) is 0 Å². The lowest BCUT2D eigenvalue weighted by molar-refractivity contribution is 0.0703. The summed E-state index contributed by atoms with van der Waals surface area (Å²) in [7, 11) is 1.90. The molecule has 1 aromatic rings. The molecule has 2 nitrogen and oxygen atoms in total. The lowest BCUT2D eigenvalue weighted by Gasteiger charge is -2.33. The molecule has 74 valence electrons. The van der Waals surface area contributed by atoms with Gasteiger partial charge in [-0.15, -0.1) is 0 Å². The first-order valence-electron chi connectivity index (χ1n) is 5.09. The Hall–Kier alpha value is -1.31. The number of benzene rings is 1. The van der Waals surface area contributed by atoms with E-state index in [0.717, 1.165) is 18.4 Å². The summed E-state index contributed by atoms with van der Waals surface area (Å²) in [6.45, 7) is 2.13. The summed E-state index contributed by atoms with van der Waals surface area (Å²) in [4.78, 5) is 13.8. The van der Waals surface area contributed by atoms with Crippen molar-refractivity contribution in [1.29, 1.82) is 0 Å². The van der Waals surface area contributed by atoms with Gasteiger partial charge < -0.3 is 4.90 Å². The molecule has 0 spiro atoms. The number of likely N-dealkylation sites (N-methyl/N-ethyl adjacent to an activating group) is 1. The Morgan fingerprint density at radius 1 is 1.43 bits per heavy atom. The Kier molecular flexibility index (Phi) is 2.28. The van der Waals surface area contributed by atoms with Crippen molar-refractivity contribution in [2.75, 3.05) is 7.05 Å². The maximum atomic E-state index is 11.9. The highest BCUT2D eigenvalue weighted by Gasteiger charge is 2.27. The van der Waals surface area contributed by atoms with Crippen LogP contribution in [0.2, 0.25) is 0 Å². The van der Waals surface area contributed by atoms with Gasteiger partial charge in [0.1, 0.15) is 0 Å². The largest absolute Gasteiger partial charge is 0.338 e. The van der Waals surface area contributed by atoms with Crippen LogP contribution in [0.1, 0.15) is 29.3 Å². The summed E-state index contributed by atoms with van der Waals surface area (Å²) < 4.78 is 0. The molecule has 0 aromatic heterocycles. The van der Waals surface area contributed by atoms with Crippen molar-refractivity contribution < 1.29 is 4.79 Å². The molecule has 1 atom stereocenters. The maximum absolute atomic E-state index is 11.9. The van der Waals surface area contributed by atoms with Crippen LogP contribution in [-0.4, -0.2) is 23.9 Å². The van der Waals surface area contributed by atoms with Crippen LogP contribution >= 0.6 is 0 Å². The van der Waals surface area contributed by atoms with Crippen LogP contribution in [-0.2, 0) is 6.42 Å². The minimum atomic E-state index is 0.165. The van der Waals surface area contributed by atoms with Crippen molar-refractivity contribution in [2.24, 2.45) is 0 Å². The number of hydrogen-bond donors (Lipinski definition) is 0. The standard InChI is InChI=1S/C12H15NO/c1-3-10-8-9-6-4-5-7-11(9)12(14)13(10)2/h4-7,10H,3,8H2,1-2H3/t10-/m0/s1. The molecule has 0 bridgehead atoms. The van der Waals surface area contributed by atoms with E-state index in [0.29, 0.717) is 6.04 Å². The predicted octanol–water partition coefficient (Wildman–Crippen LogP) is 2.09. The zero-order valence-corrected chi connectivity index (χ0v) is 8.66. The smallest absolute Gasteiger partial charge is 0.254 e. The van der Waals surface area contributed by atoms with Crippen molar-refractivity contribution in [3.8, 4) is 0 Å². The number of carbonyl (C=O) groups is 1. The SMILES string of the molecule is CC[C@H]1Cc2ccccc2C(=O)N1C. The number of nitrogens with zero attached hydrogens (tertiary/aromatic N) is 1. The molecule has 2 heteroatoms. The second-order valence-electron chi connectivity index (χ2n) is 3.84. The Balaban J connectivity index is 2.42. The third kappa shape index (κ3) is 1.31. The van der Waals surface area contributed by atoms with Crippen molar-refractivity contribution in [3.63, 3.8) is 0 Å². The van der Waals surface area contributed by atoms with Crippen LogP contribution in [0.15, 0.2) is 24.3 Å². The lowest BCUT2D eigenvalue weighted by Crippen LogP contribution is -2.42. The van der Waals surface area contributed by atoms with Crippen LogP contribution in [0, 0.1) is 0 Å². The highest BCUT2D eigenvalue weighted by atomic mass is 16.2. The van der Waals surface area contributed by atoms with E-state index in [9.17, 15) is 4.79 Å². The first kappa shape index (κ1) is 9.25. The third-order valence-electron chi connectivity index (χ3n) is 3.04. The highest BCUT2D eigenvalue weighted by Crippen LogP contribution is 2.23. The fraction of sp³-hybridized carbons (Fsp3) is 0.417. The van der Waals surface area contributed by atoms with Crippen LogP contribution in [0.3, 0.4) is 0 Å². The fourth-order valence-electron chi connectivity index (χ4n) is 2.07. The summed E-state index contributed by atoms with van der Waals surface area (Å²) in [5.74, 6) is 0.165. The van der Waals surface area contributed by atoms with Crippen molar-refractivity contribution in [1.82, 2.24) is 4.90 Å². The molecule has 1 heterocycles. The average Bonchev–Trinajstić information content (AvgIpc) is 2.23. The summed E-state index contributed by atoms with van der Waals surface area (Å²) in [5, 5.41) is 0. The molecule has 0 saturated carbocycles. The van der Waals surface area contributed by atoms with Crippen LogP contribution in [0.5, 0.6) is 0 Å². The van der Waals surface area contributed by atoms with Gasteiger partial charge in [0.15, 0.2) is 0 Å². The van der Waals surface area contributed by atoms with Gasteiger partial charge in [-0.1, -0.05) is 25.1 Å². The van der Waals surface area contributed by atoms with E-state index in [1.54, 1.807) is 0 Å². The molecule has 1 aromatic carbocycles. The Labute approximate surface area is 84.5 Å². The molecule has 1 aliphatic heterocycles. The lowest BCUT2D eigenvalue weighted by atomic mass is 9.93. The molecule has 14 heavy (non-hydrogen) atoms. The maximum Gasteiger partial charge on any atom is 0.254 e. The molecule has 0 unspecified atom stereocenters. The number of hydrogen-bond acceptors (Lipinski definition) is 1. The normalized spacial score (nSPS) is 20.9. The molecular weight excluding hydrogens is 174 g/mol. The summed E-state index contributed by atoms with van der Waals surface area (Å²) in [6, 6.07) is 8.28. The van der Waals surface area contributed by atoms with Crippen molar-refractivity contribution in [2.45, 2.75) is 25.8 Å². The third-order valence-corrected chi connectivity index (χ3v) is 3.04. The minimum Gasteiger partial charge on any atom is -0.338 e. The molecule has 0 fully saturated rings. The number of carbonyl (C=O) groups excluding carboxylic acids is 1. The summed E-state index contributed by atoms with van der Waals surface area (Å²) >= 11 is 0. The van der Waals surface area contributed by atoms with Gasteiger partial charge in [-0.2, -0.15) is 0 Å². The summed E-state index contributed by atoms with van der Waals surface area (Å²) in [6.07, 6.45) is 2.02. The number of rotatable bonds is 1. The number of amides is 1. The Morgan fingerprint density at radius 2 is 2.14 bits per heavy atom. The van der Waals surface area contributed by atoms with E-state index in [4.69, 9.17) is 0 Å². The minimum absolute atomic E-state index is 0.165. The van der Waals surface area contributed by atoms with Crippen LogP contribution in [0.4, 0.5) is 0 Å². The zero-order chi connectivity index (χ0) is 10.1. The zero-order valence-electron chi connectivity index (χ0n) is 8.66. The molecule has 0 radical (unpaired) electrons. The van der Waals surface area contributed by atoms with E-state index in [1.807, 2.05) is 30.1 Å². The molecule has 2 rings (SSSR count). The van der Waals surface area contributed by atoms with Crippen molar-refractivity contribution >= 4 is 5.91 Å². The van der Waals surface area contributed by atoms with Gasteiger partial charge in [0.05, 0.1) is 0 Å². The molecule has 0 saturated heterocycles. The topological polar surface area (TPSA) is 20.3 Å². The monoisotopic (exact) mass is 189 g/mol. The van der Waals surface area contributed by atoms with E-state index >= 15 is 0 Å². The Morgan fingerprint density at radius 3 is 2.86 bits per heavy atom. The van der Waals surface area contributed by atoms with Gasteiger partial charge >= 0.3 is 0 Å². The van der Waals surface area contributed by atoms with Gasteiger partial charge in [0.2, 0.25) is 0 Å². The van der Waals surface area contributed by atoms with E-state index in [-0.39, 0.29) is 5.91 Å². The molecule has 1 amide bonds. The van der Waals surface area contributed by atoms with Gasteiger partial charge in [-0.05, 0) is 24.5 Å². The van der Waals surface area contributed by atoms with E-state index in [1.165, 1.54) is 5.56 Å². The fourth-order valence-corrected chi connectivity index (χ4v) is 2.07. The highest BCUT2D eigenvalue weighted by molar-refractivity contribution is 5.96.